The maximum absolute atomic E-state index is 13.4. The highest BCUT2D eigenvalue weighted by Crippen LogP contribution is 2.37. The van der Waals surface area contributed by atoms with Crippen LogP contribution in [0.1, 0.15) is 70.2 Å². The Morgan fingerprint density at radius 2 is 1.91 bits per heavy atom. The molecule has 0 unspecified atom stereocenters. The molecule has 1 heterocycles. The van der Waals surface area contributed by atoms with E-state index in [0.29, 0.717) is 23.5 Å². The molecule has 1 fully saturated rings. The maximum atomic E-state index is 13.4. The fraction of sp³-hybridized carbons (Fsp3) is 0.444. The lowest BCUT2D eigenvalue weighted by molar-refractivity contribution is 0.190. The molecule has 1 aliphatic rings. The molecule has 1 aromatic heterocycles. The van der Waals surface area contributed by atoms with Gasteiger partial charge in [0.2, 0.25) is 0 Å². The zero-order valence-electron chi connectivity index (χ0n) is 20.3. The lowest BCUT2D eigenvalue weighted by atomic mass is 9.88. The van der Waals surface area contributed by atoms with Crippen molar-refractivity contribution in [3.63, 3.8) is 0 Å². The zero-order valence-corrected chi connectivity index (χ0v) is 21.9. The lowest BCUT2D eigenvalue weighted by Gasteiger charge is -2.22. The summed E-state index contributed by atoms with van der Waals surface area (Å²) >= 11 is 3.61. The third-order valence-corrected chi connectivity index (χ3v) is 6.56. The molecule has 3 aromatic rings. The number of ether oxygens (including phenoxy) is 2. The molecule has 0 amide bonds. The van der Waals surface area contributed by atoms with E-state index in [1.54, 1.807) is 13.3 Å². The van der Waals surface area contributed by atoms with Gasteiger partial charge in [-0.2, -0.15) is 9.78 Å². The third kappa shape index (κ3) is 5.52. The Morgan fingerprint density at radius 3 is 2.62 bits per heavy atom. The Labute approximate surface area is 209 Å². The van der Waals surface area contributed by atoms with Gasteiger partial charge in [-0.1, -0.05) is 52.2 Å². The van der Waals surface area contributed by atoms with Crippen LogP contribution in [0.4, 0.5) is 0 Å². The van der Waals surface area contributed by atoms with E-state index in [-0.39, 0.29) is 16.9 Å². The smallest absolute Gasteiger partial charge is 0.282 e. The fourth-order valence-electron chi connectivity index (χ4n) is 4.24. The van der Waals surface area contributed by atoms with Crippen molar-refractivity contribution in [3.05, 3.63) is 62.6 Å². The number of halogens is 1. The second kappa shape index (κ2) is 10.3. The van der Waals surface area contributed by atoms with Crippen molar-refractivity contribution in [1.82, 2.24) is 9.66 Å². The minimum atomic E-state index is -0.140. The zero-order chi connectivity index (χ0) is 24.3. The van der Waals surface area contributed by atoms with Gasteiger partial charge in [-0.25, -0.2) is 4.98 Å². The first-order valence-electron chi connectivity index (χ1n) is 11.8. The molecule has 180 valence electrons. The Hall–Kier alpha value is -2.67. The predicted octanol–water partition coefficient (Wildman–Crippen LogP) is 6.52. The van der Waals surface area contributed by atoms with Crippen LogP contribution in [0.5, 0.6) is 11.5 Å². The number of rotatable bonds is 6. The first-order chi connectivity index (χ1) is 16.3. The van der Waals surface area contributed by atoms with Crippen molar-refractivity contribution in [2.75, 3.05) is 13.7 Å². The molecule has 7 heteroatoms. The van der Waals surface area contributed by atoms with Crippen LogP contribution in [-0.2, 0) is 0 Å². The number of para-hydroxylation sites is 1. The fourth-order valence-corrected chi connectivity index (χ4v) is 4.82. The molecule has 1 aliphatic carbocycles. The van der Waals surface area contributed by atoms with E-state index < -0.39 is 0 Å². The molecule has 1 saturated carbocycles. The van der Waals surface area contributed by atoms with Crippen LogP contribution in [0, 0.1) is 5.41 Å². The molecule has 0 atom stereocenters. The van der Waals surface area contributed by atoms with Gasteiger partial charge in [0.25, 0.3) is 5.56 Å². The van der Waals surface area contributed by atoms with Crippen LogP contribution in [0.25, 0.3) is 10.9 Å². The largest absolute Gasteiger partial charge is 0.493 e. The van der Waals surface area contributed by atoms with Crippen molar-refractivity contribution < 1.29 is 9.47 Å². The summed E-state index contributed by atoms with van der Waals surface area (Å²) in [4.78, 5) is 18.3. The van der Waals surface area contributed by atoms with Gasteiger partial charge in [-0.05, 0) is 64.0 Å². The van der Waals surface area contributed by atoms with Crippen LogP contribution >= 0.6 is 15.9 Å². The summed E-state index contributed by atoms with van der Waals surface area (Å²) in [5.41, 5.74) is 1.40. The molecule has 4 rings (SSSR count). The Bertz CT molecular complexity index is 1250. The number of methoxy groups -OCH3 is 1. The minimum absolute atomic E-state index is 0.0182. The highest BCUT2D eigenvalue weighted by Gasteiger charge is 2.22. The highest BCUT2D eigenvalue weighted by molar-refractivity contribution is 9.10. The second-order valence-corrected chi connectivity index (χ2v) is 10.9. The van der Waals surface area contributed by atoms with E-state index in [0.717, 1.165) is 47.1 Å². The second-order valence-electron chi connectivity index (χ2n) is 10.1. The van der Waals surface area contributed by atoms with Gasteiger partial charge in [-0.3, -0.25) is 4.79 Å². The summed E-state index contributed by atoms with van der Waals surface area (Å²) in [6.07, 6.45) is 7.27. The third-order valence-electron chi connectivity index (χ3n) is 5.97. The number of nitrogens with zero attached hydrogens (tertiary/aromatic N) is 3. The number of hydrogen-bond donors (Lipinski definition) is 0. The highest BCUT2D eigenvalue weighted by atomic mass is 79.9. The van der Waals surface area contributed by atoms with E-state index >= 15 is 0 Å². The van der Waals surface area contributed by atoms with Gasteiger partial charge >= 0.3 is 0 Å². The van der Waals surface area contributed by atoms with E-state index in [9.17, 15) is 4.79 Å². The molecular formula is C27H32BrN3O3. The average Bonchev–Trinajstić information content (AvgIpc) is 2.82. The molecule has 0 aliphatic heterocycles. The normalized spacial score (nSPS) is 15.2. The summed E-state index contributed by atoms with van der Waals surface area (Å²) in [6.45, 7) is 6.91. The quantitative estimate of drug-likeness (QED) is 0.343. The summed E-state index contributed by atoms with van der Waals surface area (Å²) in [7, 11) is 1.62. The van der Waals surface area contributed by atoms with Crippen molar-refractivity contribution in [1.29, 1.82) is 0 Å². The molecule has 6 nitrogen and oxygen atoms in total. The monoisotopic (exact) mass is 525 g/mol. The Morgan fingerprint density at radius 1 is 1.18 bits per heavy atom. The van der Waals surface area contributed by atoms with Crippen molar-refractivity contribution >= 4 is 33.0 Å². The molecular weight excluding hydrogens is 494 g/mol. The van der Waals surface area contributed by atoms with Gasteiger partial charge in [0.15, 0.2) is 11.5 Å². The van der Waals surface area contributed by atoms with Gasteiger partial charge in [0.1, 0.15) is 5.82 Å². The Balaban J connectivity index is 1.74. The molecule has 0 bridgehead atoms. The summed E-state index contributed by atoms with van der Waals surface area (Å²) in [5.74, 6) is 2.24. The van der Waals surface area contributed by atoms with Crippen LogP contribution in [0.2, 0.25) is 0 Å². The van der Waals surface area contributed by atoms with Crippen LogP contribution in [0.3, 0.4) is 0 Å². The average molecular weight is 526 g/mol. The van der Waals surface area contributed by atoms with Gasteiger partial charge in [0, 0.05) is 5.92 Å². The van der Waals surface area contributed by atoms with Crippen LogP contribution < -0.4 is 15.0 Å². The molecule has 34 heavy (non-hydrogen) atoms. The van der Waals surface area contributed by atoms with Crippen molar-refractivity contribution in [3.8, 4) is 11.5 Å². The molecule has 0 saturated heterocycles. The van der Waals surface area contributed by atoms with E-state index in [1.807, 2.05) is 36.4 Å². The Kier molecular flexibility index (Phi) is 7.41. The van der Waals surface area contributed by atoms with Crippen LogP contribution in [0.15, 0.2) is 50.8 Å². The van der Waals surface area contributed by atoms with E-state index in [1.165, 1.54) is 11.1 Å². The van der Waals surface area contributed by atoms with Gasteiger partial charge < -0.3 is 9.47 Å². The number of aromatic nitrogens is 2. The predicted molar refractivity (Wildman–Crippen MR) is 140 cm³/mol. The van der Waals surface area contributed by atoms with Gasteiger partial charge in [0.05, 0.1) is 35.3 Å². The molecule has 0 radical (unpaired) electrons. The van der Waals surface area contributed by atoms with Gasteiger partial charge in [-0.15, -0.1) is 0 Å². The van der Waals surface area contributed by atoms with Crippen molar-refractivity contribution in [2.45, 2.75) is 58.8 Å². The summed E-state index contributed by atoms with van der Waals surface area (Å²) in [5, 5.41) is 5.21. The molecule has 2 aromatic carbocycles. The SMILES string of the molecule is COc1cc(C=Nn2c(C3CCCCC3)nc3ccccc3c2=O)cc(Br)c1OCC(C)(C)C. The van der Waals surface area contributed by atoms with Crippen molar-refractivity contribution in [2.24, 2.45) is 10.5 Å². The summed E-state index contributed by atoms with van der Waals surface area (Å²) < 4.78 is 13.9. The van der Waals surface area contributed by atoms with E-state index in [4.69, 9.17) is 14.5 Å². The lowest BCUT2D eigenvalue weighted by Crippen LogP contribution is -2.25. The summed E-state index contributed by atoms with van der Waals surface area (Å²) in [6, 6.07) is 11.3. The first-order valence-corrected chi connectivity index (χ1v) is 12.6. The molecule has 0 N–H and O–H groups in total. The molecule has 0 spiro atoms. The first kappa shape index (κ1) is 24.5. The maximum Gasteiger partial charge on any atom is 0.282 e. The standard InChI is InChI=1S/C27H32BrN3O3/c1-27(2,3)17-34-24-21(28)14-18(15-23(24)33-4)16-29-31-25(19-10-6-5-7-11-19)30-22-13-9-8-12-20(22)26(31)32/h8-9,12-16,19H,5-7,10-11,17H2,1-4H3. The van der Waals surface area contributed by atoms with E-state index in [2.05, 4.69) is 41.8 Å². The number of fused-ring (bicyclic) bond motifs is 1. The van der Waals surface area contributed by atoms with Crippen LogP contribution in [-0.4, -0.2) is 29.6 Å². The minimum Gasteiger partial charge on any atom is -0.493 e. The number of hydrogen-bond acceptors (Lipinski definition) is 5. The topological polar surface area (TPSA) is 65.7 Å². The number of benzene rings is 2.